The molecule has 2 heterocycles. The van der Waals surface area contributed by atoms with Gasteiger partial charge in [-0.25, -0.2) is 0 Å². The first-order valence-corrected chi connectivity index (χ1v) is 9.75. The predicted octanol–water partition coefficient (Wildman–Crippen LogP) is 4.74. The van der Waals surface area contributed by atoms with Crippen LogP contribution in [0.15, 0.2) is 30.6 Å². The largest absolute Gasteiger partial charge is 0.371 e. The predicted molar refractivity (Wildman–Crippen MR) is 103 cm³/mol. The summed E-state index contributed by atoms with van der Waals surface area (Å²) in [5.74, 6) is 0.345. The van der Waals surface area contributed by atoms with Gasteiger partial charge in [0.25, 0.3) is 0 Å². The molecule has 0 spiro atoms. The molecule has 2 aliphatic rings. The first kappa shape index (κ1) is 16.4. The van der Waals surface area contributed by atoms with Gasteiger partial charge in [-0.1, -0.05) is 19.3 Å². The van der Waals surface area contributed by atoms with Gasteiger partial charge < -0.3 is 10.2 Å². The fraction of sp³-hybridized carbons (Fsp3) is 0.524. The average Bonchev–Trinajstić information content (AvgIpc) is 2.69. The number of aromatic nitrogens is 1. The van der Waals surface area contributed by atoms with Crippen molar-refractivity contribution in [2.24, 2.45) is 5.92 Å². The van der Waals surface area contributed by atoms with Gasteiger partial charge >= 0.3 is 0 Å². The average molecular weight is 337 g/mol. The molecule has 1 amide bonds. The third-order valence-corrected chi connectivity index (χ3v) is 5.73. The summed E-state index contributed by atoms with van der Waals surface area (Å²) in [6.45, 7) is 2.23. The molecule has 132 valence electrons. The molecule has 25 heavy (non-hydrogen) atoms. The van der Waals surface area contributed by atoms with Gasteiger partial charge in [-0.3, -0.25) is 9.78 Å². The molecular formula is C21H27N3O. The van der Waals surface area contributed by atoms with Crippen LogP contribution in [-0.4, -0.2) is 24.0 Å². The van der Waals surface area contributed by atoms with E-state index < -0.39 is 0 Å². The number of carbonyl (C=O) groups excluding carboxylic acids is 1. The maximum Gasteiger partial charge on any atom is 0.227 e. The summed E-state index contributed by atoms with van der Waals surface area (Å²) in [6, 6.07) is 6.31. The summed E-state index contributed by atoms with van der Waals surface area (Å²) >= 11 is 0. The summed E-state index contributed by atoms with van der Waals surface area (Å²) in [4.78, 5) is 19.4. The Kier molecular flexibility index (Phi) is 4.86. The lowest BCUT2D eigenvalue weighted by Gasteiger charge is -2.30. The highest BCUT2D eigenvalue weighted by molar-refractivity contribution is 6.06. The Morgan fingerprint density at radius 2 is 1.72 bits per heavy atom. The van der Waals surface area contributed by atoms with Crippen molar-refractivity contribution < 1.29 is 4.79 Å². The van der Waals surface area contributed by atoms with E-state index >= 15 is 0 Å². The van der Waals surface area contributed by atoms with Crippen LogP contribution < -0.4 is 10.2 Å². The van der Waals surface area contributed by atoms with Crippen molar-refractivity contribution in [3.8, 4) is 0 Å². The molecule has 1 saturated carbocycles. The van der Waals surface area contributed by atoms with E-state index in [9.17, 15) is 4.79 Å². The number of carbonyl (C=O) groups is 1. The topological polar surface area (TPSA) is 45.2 Å². The fourth-order valence-electron chi connectivity index (χ4n) is 4.29. The first-order chi connectivity index (χ1) is 12.3. The van der Waals surface area contributed by atoms with Crippen molar-refractivity contribution in [2.75, 3.05) is 23.3 Å². The van der Waals surface area contributed by atoms with Gasteiger partial charge in [0.1, 0.15) is 0 Å². The molecule has 4 rings (SSSR count). The number of hydrogen-bond acceptors (Lipinski definition) is 3. The van der Waals surface area contributed by atoms with E-state index in [2.05, 4.69) is 33.4 Å². The molecule has 2 aromatic rings. The molecule has 0 bridgehead atoms. The van der Waals surface area contributed by atoms with Crippen LogP contribution in [0.25, 0.3) is 10.8 Å². The lowest BCUT2D eigenvalue weighted by atomic mass is 9.88. The highest BCUT2D eigenvalue weighted by Gasteiger charge is 2.22. The normalized spacial score (nSPS) is 19.1. The van der Waals surface area contributed by atoms with Gasteiger partial charge in [0.05, 0.1) is 5.69 Å². The molecule has 1 aliphatic carbocycles. The Morgan fingerprint density at radius 3 is 2.52 bits per heavy atom. The summed E-state index contributed by atoms with van der Waals surface area (Å²) in [5.41, 5.74) is 2.17. The minimum atomic E-state index is 0.169. The maximum atomic E-state index is 12.7. The van der Waals surface area contributed by atoms with Crippen LogP contribution in [-0.2, 0) is 4.79 Å². The number of anilines is 2. The van der Waals surface area contributed by atoms with E-state index in [1.165, 1.54) is 49.6 Å². The lowest BCUT2D eigenvalue weighted by molar-refractivity contribution is -0.120. The zero-order valence-electron chi connectivity index (χ0n) is 14.8. The van der Waals surface area contributed by atoms with Crippen molar-refractivity contribution >= 4 is 28.1 Å². The van der Waals surface area contributed by atoms with Crippen molar-refractivity contribution in [3.63, 3.8) is 0 Å². The molecule has 1 aliphatic heterocycles. The third-order valence-electron chi connectivity index (χ3n) is 5.73. The SMILES string of the molecule is O=C(Nc1ccc(N2CCCCC2)c2ccncc12)C1CCCCC1. The quantitative estimate of drug-likeness (QED) is 0.879. The van der Waals surface area contributed by atoms with E-state index in [1.54, 1.807) is 0 Å². The van der Waals surface area contributed by atoms with Gasteiger partial charge in [-0.15, -0.1) is 0 Å². The van der Waals surface area contributed by atoms with Gasteiger partial charge in [-0.2, -0.15) is 0 Å². The Hall–Kier alpha value is -2.10. The second-order valence-electron chi connectivity index (χ2n) is 7.43. The monoisotopic (exact) mass is 337 g/mol. The van der Waals surface area contributed by atoms with Gasteiger partial charge in [0.2, 0.25) is 5.91 Å². The number of hydrogen-bond donors (Lipinski definition) is 1. The van der Waals surface area contributed by atoms with E-state index in [-0.39, 0.29) is 11.8 Å². The fourth-order valence-corrected chi connectivity index (χ4v) is 4.29. The Bertz CT molecular complexity index is 746. The van der Waals surface area contributed by atoms with Crippen LogP contribution in [0.5, 0.6) is 0 Å². The van der Waals surface area contributed by atoms with Crippen LogP contribution in [0.3, 0.4) is 0 Å². The van der Waals surface area contributed by atoms with Crippen LogP contribution in [0.1, 0.15) is 51.4 Å². The van der Waals surface area contributed by atoms with Crippen LogP contribution >= 0.6 is 0 Å². The number of fused-ring (bicyclic) bond motifs is 1. The number of rotatable bonds is 3. The summed E-state index contributed by atoms with van der Waals surface area (Å²) in [7, 11) is 0. The van der Waals surface area contributed by atoms with E-state index in [0.29, 0.717) is 0 Å². The number of nitrogens with one attached hydrogen (secondary N) is 1. The minimum Gasteiger partial charge on any atom is -0.371 e. The Morgan fingerprint density at radius 1 is 0.960 bits per heavy atom. The van der Waals surface area contributed by atoms with E-state index in [1.807, 2.05) is 12.4 Å². The maximum absolute atomic E-state index is 12.7. The van der Waals surface area contributed by atoms with Crippen molar-refractivity contribution in [2.45, 2.75) is 51.4 Å². The molecular weight excluding hydrogens is 310 g/mol. The van der Waals surface area contributed by atoms with E-state index in [0.717, 1.165) is 37.0 Å². The van der Waals surface area contributed by atoms with Gasteiger partial charge in [0, 0.05) is 47.9 Å². The highest BCUT2D eigenvalue weighted by atomic mass is 16.1. The number of pyridine rings is 1. The molecule has 1 aromatic heterocycles. The zero-order valence-corrected chi connectivity index (χ0v) is 14.8. The summed E-state index contributed by atoms with van der Waals surface area (Å²) in [6.07, 6.45) is 13.2. The zero-order chi connectivity index (χ0) is 17.1. The Labute approximate surface area is 149 Å². The smallest absolute Gasteiger partial charge is 0.227 e. The van der Waals surface area contributed by atoms with Crippen LogP contribution in [0.4, 0.5) is 11.4 Å². The molecule has 2 fully saturated rings. The molecule has 1 saturated heterocycles. The van der Waals surface area contributed by atoms with Gasteiger partial charge in [0.15, 0.2) is 0 Å². The molecule has 4 heteroatoms. The number of nitrogens with zero attached hydrogens (tertiary/aromatic N) is 2. The number of piperidine rings is 1. The molecule has 4 nitrogen and oxygen atoms in total. The van der Waals surface area contributed by atoms with Crippen LogP contribution in [0.2, 0.25) is 0 Å². The number of amides is 1. The van der Waals surface area contributed by atoms with Crippen LogP contribution in [0, 0.1) is 5.92 Å². The molecule has 1 aromatic carbocycles. The van der Waals surface area contributed by atoms with Crippen molar-refractivity contribution in [1.29, 1.82) is 0 Å². The van der Waals surface area contributed by atoms with Crippen molar-refractivity contribution in [1.82, 2.24) is 4.98 Å². The molecule has 0 radical (unpaired) electrons. The van der Waals surface area contributed by atoms with Gasteiger partial charge in [-0.05, 0) is 50.3 Å². The third kappa shape index (κ3) is 3.48. The number of benzene rings is 1. The molecule has 1 N–H and O–H groups in total. The Balaban J connectivity index is 1.62. The highest BCUT2D eigenvalue weighted by Crippen LogP contribution is 2.34. The summed E-state index contributed by atoms with van der Waals surface area (Å²) in [5, 5.41) is 5.43. The second kappa shape index (κ2) is 7.42. The lowest BCUT2D eigenvalue weighted by Crippen LogP contribution is -2.29. The minimum absolute atomic E-state index is 0.169. The second-order valence-corrected chi connectivity index (χ2v) is 7.43. The standard InChI is InChI=1S/C21H27N3O/c25-21(16-7-3-1-4-8-16)23-19-9-10-20(24-13-5-2-6-14-24)17-11-12-22-15-18(17)19/h9-12,15-16H,1-8,13-14H2,(H,23,25). The van der Waals surface area contributed by atoms with E-state index in [4.69, 9.17) is 0 Å². The van der Waals surface area contributed by atoms with Crippen molar-refractivity contribution in [3.05, 3.63) is 30.6 Å². The summed E-state index contributed by atoms with van der Waals surface area (Å²) < 4.78 is 0. The molecule has 0 atom stereocenters. The first-order valence-electron chi connectivity index (χ1n) is 9.75. The molecule has 0 unspecified atom stereocenters.